The molecule has 0 aliphatic carbocycles. The van der Waals surface area contributed by atoms with E-state index < -0.39 is 0 Å². The second-order valence-corrected chi connectivity index (χ2v) is 8.47. The second-order valence-electron chi connectivity index (χ2n) is 8.47. The maximum Gasteiger partial charge on any atom is 0.318 e. The van der Waals surface area contributed by atoms with E-state index in [4.69, 9.17) is 14.5 Å². The summed E-state index contributed by atoms with van der Waals surface area (Å²) in [7, 11) is 1.64. The molecule has 1 fully saturated rings. The van der Waals surface area contributed by atoms with Crippen LogP contribution in [-0.2, 0) is 6.54 Å². The van der Waals surface area contributed by atoms with E-state index in [0.29, 0.717) is 43.4 Å². The average molecular weight is 457 g/mol. The molecule has 0 aromatic heterocycles. The van der Waals surface area contributed by atoms with Crippen LogP contribution in [-0.4, -0.2) is 54.5 Å². The molecule has 7 heteroatoms. The SMILES string of the molecule is COc1cccc2c1Oc1ccccc1N=C2N1CCN(C(=O)NCc2ccccc2)[C@H](C)C1. The third kappa shape index (κ3) is 4.29. The molecule has 5 rings (SSSR count). The molecule has 3 aromatic rings. The number of fused-ring (bicyclic) bond motifs is 2. The molecule has 2 heterocycles. The Labute approximate surface area is 199 Å². The number of hydrogen-bond acceptors (Lipinski definition) is 5. The number of benzene rings is 3. The van der Waals surface area contributed by atoms with Crippen LogP contribution in [0.4, 0.5) is 10.5 Å². The van der Waals surface area contributed by atoms with E-state index in [1.54, 1.807) is 7.11 Å². The van der Waals surface area contributed by atoms with Gasteiger partial charge in [-0.25, -0.2) is 9.79 Å². The molecule has 0 unspecified atom stereocenters. The van der Waals surface area contributed by atoms with E-state index in [-0.39, 0.29) is 12.1 Å². The Balaban J connectivity index is 1.37. The molecule has 2 amide bonds. The minimum atomic E-state index is -0.0467. The quantitative estimate of drug-likeness (QED) is 0.615. The first kappa shape index (κ1) is 21.8. The fraction of sp³-hybridized carbons (Fsp3) is 0.259. The predicted octanol–water partition coefficient (Wildman–Crippen LogP) is 4.80. The lowest BCUT2D eigenvalue weighted by Gasteiger charge is -2.41. The first-order chi connectivity index (χ1) is 16.6. The van der Waals surface area contributed by atoms with E-state index in [9.17, 15) is 4.79 Å². The number of ether oxygens (including phenoxy) is 2. The highest BCUT2D eigenvalue weighted by Gasteiger charge is 2.32. The van der Waals surface area contributed by atoms with Gasteiger partial charge < -0.3 is 24.6 Å². The van der Waals surface area contributed by atoms with Crippen molar-refractivity contribution in [2.75, 3.05) is 26.7 Å². The fourth-order valence-electron chi connectivity index (χ4n) is 4.45. The average Bonchev–Trinajstić information content (AvgIpc) is 3.04. The van der Waals surface area contributed by atoms with Gasteiger partial charge in [-0.3, -0.25) is 0 Å². The van der Waals surface area contributed by atoms with Crippen LogP contribution in [0.2, 0.25) is 0 Å². The summed E-state index contributed by atoms with van der Waals surface area (Å²) in [5.74, 6) is 2.84. The smallest absolute Gasteiger partial charge is 0.318 e. The van der Waals surface area contributed by atoms with Gasteiger partial charge in [0.25, 0.3) is 0 Å². The van der Waals surface area contributed by atoms with Crippen molar-refractivity contribution in [2.45, 2.75) is 19.5 Å². The van der Waals surface area contributed by atoms with Gasteiger partial charge in [0.05, 0.1) is 12.7 Å². The van der Waals surface area contributed by atoms with Crippen LogP contribution in [0.1, 0.15) is 18.1 Å². The number of piperazine rings is 1. The standard InChI is InChI=1S/C27H28N4O3/c1-19-18-30(15-16-31(19)27(32)28-17-20-9-4-3-5-10-20)26-21-11-8-14-24(33-2)25(21)34-23-13-7-6-12-22(23)29-26/h3-14,19H,15-18H2,1-2H3,(H,28,32)/t19-/m1/s1. The van der Waals surface area contributed by atoms with Crippen molar-refractivity contribution in [3.63, 3.8) is 0 Å². The van der Waals surface area contributed by atoms with Gasteiger partial charge in [-0.2, -0.15) is 0 Å². The fourth-order valence-corrected chi connectivity index (χ4v) is 4.45. The van der Waals surface area contributed by atoms with Crippen molar-refractivity contribution in [2.24, 2.45) is 4.99 Å². The number of hydrogen-bond donors (Lipinski definition) is 1. The molecule has 2 aliphatic heterocycles. The monoisotopic (exact) mass is 456 g/mol. The van der Waals surface area contributed by atoms with E-state index in [1.165, 1.54) is 0 Å². The van der Waals surface area contributed by atoms with Crippen molar-refractivity contribution >= 4 is 17.6 Å². The van der Waals surface area contributed by atoms with Gasteiger partial charge in [-0.15, -0.1) is 0 Å². The highest BCUT2D eigenvalue weighted by molar-refractivity contribution is 6.04. The van der Waals surface area contributed by atoms with E-state index >= 15 is 0 Å². The number of nitrogens with zero attached hydrogens (tertiary/aromatic N) is 3. The Morgan fingerprint density at radius 2 is 1.85 bits per heavy atom. The van der Waals surface area contributed by atoms with Gasteiger partial charge in [0.15, 0.2) is 17.2 Å². The molecule has 174 valence electrons. The van der Waals surface area contributed by atoms with Crippen molar-refractivity contribution in [1.29, 1.82) is 0 Å². The minimum absolute atomic E-state index is 0.0145. The zero-order valence-electron chi connectivity index (χ0n) is 19.4. The predicted molar refractivity (Wildman–Crippen MR) is 132 cm³/mol. The number of amides is 2. The maximum absolute atomic E-state index is 12.9. The molecule has 1 saturated heterocycles. The minimum Gasteiger partial charge on any atom is -0.493 e. The molecule has 0 spiro atoms. The summed E-state index contributed by atoms with van der Waals surface area (Å²) in [5.41, 5.74) is 2.73. The molecular weight excluding hydrogens is 428 g/mol. The lowest BCUT2D eigenvalue weighted by Crippen LogP contribution is -2.57. The first-order valence-electron chi connectivity index (χ1n) is 11.5. The van der Waals surface area contributed by atoms with Crippen molar-refractivity contribution in [1.82, 2.24) is 15.1 Å². The normalized spacial score (nSPS) is 17.0. The number of amidine groups is 1. The van der Waals surface area contributed by atoms with Crippen molar-refractivity contribution in [3.8, 4) is 17.2 Å². The molecular formula is C27H28N4O3. The van der Waals surface area contributed by atoms with Gasteiger partial charge in [-0.05, 0) is 36.8 Å². The summed E-state index contributed by atoms with van der Waals surface area (Å²) >= 11 is 0. The van der Waals surface area contributed by atoms with Crippen LogP contribution in [0, 0.1) is 0 Å². The molecule has 0 radical (unpaired) electrons. The van der Waals surface area contributed by atoms with Crippen LogP contribution in [0.15, 0.2) is 77.8 Å². The van der Waals surface area contributed by atoms with E-state index in [1.807, 2.05) is 77.7 Å². The van der Waals surface area contributed by atoms with Crippen LogP contribution in [0.3, 0.4) is 0 Å². The number of rotatable bonds is 3. The zero-order valence-corrected chi connectivity index (χ0v) is 19.4. The summed E-state index contributed by atoms with van der Waals surface area (Å²) in [6, 6.07) is 23.5. The molecule has 2 aliphatic rings. The molecule has 0 bridgehead atoms. The van der Waals surface area contributed by atoms with Crippen LogP contribution < -0.4 is 14.8 Å². The Hall–Kier alpha value is -4.00. The summed E-state index contributed by atoms with van der Waals surface area (Å²) in [6.07, 6.45) is 0. The molecule has 7 nitrogen and oxygen atoms in total. The number of para-hydroxylation sites is 3. The summed E-state index contributed by atoms with van der Waals surface area (Å²) in [6.45, 7) is 4.52. The van der Waals surface area contributed by atoms with E-state index in [0.717, 1.165) is 22.6 Å². The van der Waals surface area contributed by atoms with Crippen molar-refractivity contribution in [3.05, 3.63) is 83.9 Å². The van der Waals surface area contributed by atoms with E-state index in [2.05, 4.69) is 17.1 Å². The largest absolute Gasteiger partial charge is 0.493 e. The number of urea groups is 1. The van der Waals surface area contributed by atoms with Gasteiger partial charge in [-0.1, -0.05) is 48.5 Å². The number of nitrogens with one attached hydrogen (secondary N) is 1. The van der Waals surface area contributed by atoms with Crippen LogP contribution in [0.5, 0.6) is 17.2 Å². The highest BCUT2D eigenvalue weighted by Crippen LogP contribution is 2.42. The van der Waals surface area contributed by atoms with Crippen molar-refractivity contribution < 1.29 is 14.3 Å². The Morgan fingerprint density at radius 3 is 2.65 bits per heavy atom. The lowest BCUT2D eigenvalue weighted by molar-refractivity contribution is 0.134. The third-order valence-corrected chi connectivity index (χ3v) is 6.22. The van der Waals surface area contributed by atoms with Crippen LogP contribution in [0.25, 0.3) is 0 Å². The summed E-state index contributed by atoms with van der Waals surface area (Å²) in [5, 5.41) is 3.05. The Bertz CT molecular complexity index is 1210. The van der Waals surface area contributed by atoms with Gasteiger partial charge in [0.1, 0.15) is 11.5 Å². The molecule has 3 aromatic carbocycles. The Kier molecular flexibility index (Phi) is 6.08. The van der Waals surface area contributed by atoms with Gasteiger partial charge >= 0.3 is 6.03 Å². The number of carbonyl (C=O) groups is 1. The first-order valence-corrected chi connectivity index (χ1v) is 11.5. The second kappa shape index (κ2) is 9.47. The van der Waals surface area contributed by atoms with Gasteiger partial charge in [0, 0.05) is 32.2 Å². The number of carbonyl (C=O) groups excluding carboxylic acids is 1. The topological polar surface area (TPSA) is 66.4 Å². The number of aliphatic imine (C=N–C) groups is 1. The maximum atomic E-state index is 12.9. The third-order valence-electron chi connectivity index (χ3n) is 6.22. The van der Waals surface area contributed by atoms with Gasteiger partial charge in [0.2, 0.25) is 0 Å². The number of methoxy groups -OCH3 is 1. The lowest BCUT2D eigenvalue weighted by atomic mass is 10.1. The summed E-state index contributed by atoms with van der Waals surface area (Å²) in [4.78, 5) is 22.0. The zero-order chi connectivity index (χ0) is 23.5. The summed E-state index contributed by atoms with van der Waals surface area (Å²) < 4.78 is 11.9. The molecule has 0 saturated carbocycles. The van der Waals surface area contributed by atoms with Crippen LogP contribution >= 0.6 is 0 Å². The molecule has 1 atom stereocenters. The molecule has 34 heavy (non-hydrogen) atoms. The highest BCUT2D eigenvalue weighted by atomic mass is 16.5. The Morgan fingerprint density at radius 1 is 1.06 bits per heavy atom. The molecule has 1 N–H and O–H groups in total.